The third-order valence-corrected chi connectivity index (χ3v) is 4.29. The molecular weight excluding hydrogens is 290 g/mol. The highest BCUT2D eigenvalue weighted by molar-refractivity contribution is 8.13. The van der Waals surface area contributed by atoms with Crippen LogP contribution >= 0.6 is 11.8 Å². The molecule has 0 aromatic carbocycles. The molecule has 1 aliphatic heterocycles. The van der Waals surface area contributed by atoms with Crippen molar-refractivity contribution in [1.82, 2.24) is 10.3 Å². The molecule has 1 aliphatic rings. The van der Waals surface area contributed by atoms with E-state index in [1.54, 1.807) is 18.3 Å². The van der Waals surface area contributed by atoms with Crippen LogP contribution in [0.15, 0.2) is 18.3 Å². The zero-order valence-electron chi connectivity index (χ0n) is 12.0. The SMILES string of the molecule is CNC(=O)c1cccnc1N1CC(CSC(C)=O)CC1=O. The van der Waals surface area contributed by atoms with E-state index in [1.165, 1.54) is 30.6 Å². The van der Waals surface area contributed by atoms with Gasteiger partial charge in [-0.05, 0) is 18.1 Å². The number of thioether (sulfide) groups is 1. The Morgan fingerprint density at radius 2 is 2.29 bits per heavy atom. The fourth-order valence-corrected chi connectivity index (χ4v) is 2.95. The Labute approximate surface area is 127 Å². The van der Waals surface area contributed by atoms with Crippen molar-refractivity contribution >= 4 is 34.5 Å². The van der Waals surface area contributed by atoms with Crippen LogP contribution in [0.3, 0.4) is 0 Å². The maximum atomic E-state index is 12.2. The zero-order chi connectivity index (χ0) is 15.4. The first kappa shape index (κ1) is 15.5. The molecule has 1 atom stereocenters. The van der Waals surface area contributed by atoms with E-state index in [4.69, 9.17) is 0 Å². The minimum absolute atomic E-state index is 0.0461. The Morgan fingerprint density at radius 3 is 2.95 bits per heavy atom. The molecule has 1 N–H and O–H groups in total. The lowest BCUT2D eigenvalue weighted by Gasteiger charge is -2.18. The van der Waals surface area contributed by atoms with Crippen LogP contribution in [0.5, 0.6) is 0 Å². The summed E-state index contributed by atoms with van der Waals surface area (Å²) in [6.45, 7) is 2.00. The molecule has 0 aliphatic carbocycles. The summed E-state index contributed by atoms with van der Waals surface area (Å²) in [4.78, 5) is 40.7. The quantitative estimate of drug-likeness (QED) is 0.900. The van der Waals surface area contributed by atoms with Gasteiger partial charge in [0.25, 0.3) is 5.91 Å². The van der Waals surface area contributed by atoms with Crippen molar-refractivity contribution in [3.05, 3.63) is 23.9 Å². The predicted octanol–water partition coefficient (Wildman–Crippen LogP) is 1.07. The van der Waals surface area contributed by atoms with Crippen LogP contribution in [0.1, 0.15) is 23.7 Å². The number of anilines is 1. The molecule has 1 aromatic heterocycles. The molecule has 2 amide bonds. The van der Waals surface area contributed by atoms with Gasteiger partial charge in [-0.3, -0.25) is 19.3 Å². The maximum Gasteiger partial charge on any atom is 0.254 e. The van der Waals surface area contributed by atoms with E-state index < -0.39 is 0 Å². The second-order valence-corrected chi connectivity index (χ2v) is 6.03. The summed E-state index contributed by atoms with van der Waals surface area (Å²) in [7, 11) is 1.54. The van der Waals surface area contributed by atoms with E-state index in [2.05, 4.69) is 10.3 Å². The van der Waals surface area contributed by atoms with Gasteiger partial charge in [0.1, 0.15) is 5.82 Å². The van der Waals surface area contributed by atoms with Gasteiger partial charge in [-0.1, -0.05) is 11.8 Å². The molecule has 1 aromatic rings. The molecule has 2 rings (SSSR count). The van der Waals surface area contributed by atoms with Gasteiger partial charge in [-0.2, -0.15) is 0 Å². The number of pyridine rings is 1. The molecule has 0 bridgehead atoms. The molecule has 7 heteroatoms. The monoisotopic (exact) mass is 307 g/mol. The van der Waals surface area contributed by atoms with E-state index in [0.717, 1.165) is 0 Å². The number of carbonyl (C=O) groups is 3. The van der Waals surface area contributed by atoms with Crippen molar-refractivity contribution < 1.29 is 14.4 Å². The number of nitrogens with zero attached hydrogens (tertiary/aromatic N) is 2. The first-order valence-corrected chi connectivity index (χ1v) is 7.62. The largest absolute Gasteiger partial charge is 0.355 e. The molecule has 0 saturated carbocycles. The van der Waals surface area contributed by atoms with Gasteiger partial charge in [0.2, 0.25) is 5.91 Å². The number of hydrogen-bond donors (Lipinski definition) is 1. The molecule has 6 nitrogen and oxygen atoms in total. The predicted molar refractivity (Wildman–Crippen MR) is 81.2 cm³/mol. The lowest BCUT2D eigenvalue weighted by Crippen LogP contribution is -2.30. The third kappa shape index (κ3) is 3.60. The number of nitrogens with one attached hydrogen (secondary N) is 1. The molecule has 112 valence electrons. The summed E-state index contributed by atoms with van der Waals surface area (Å²) in [5.41, 5.74) is 0.383. The van der Waals surface area contributed by atoms with Gasteiger partial charge in [0.15, 0.2) is 5.12 Å². The summed E-state index contributed by atoms with van der Waals surface area (Å²) in [6.07, 6.45) is 1.94. The number of rotatable bonds is 4. The van der Waals surface area contributed by atoms with Gasteiger partial charge >= 0.3 is 0 Å². The highest BCUT2D eigenvalue weighted by Gasteiger charge is 2.33. The van der Waals surface area contributed by atoms with Crippen LogP contribution in [0.25, 0.3) is 0 Å². The van der Waals surface area contributed by atoms with Gasteiger partial charge in [0, 0.05) is 38.9 Å². The number of hydrogen-bond acceptors (Lipinski definition) is 5. The number of carbonyl (C=O) groups excluding carboxylic acids is 3. The summed E-state index contributed by atoms with van der Waals surface area (Å²) < 4.78 is 0. The van der Waals surface area contributed by atoms with Crippen molar-refractivity contribution in [2.45, 2.75) is 13.3 Å². The maximum absolute atomic E-state index is 12.2. The first-order chi connectivity index (χ1) is 10.0. The van der Waals surface area contributed by atoms with Crippen molar-refractivity contribution in [1.29, 1.82) is 0 Å². The summed E-state index contributed by atoms with van der Waals surface area (Å²) >= 11 is 1.23. The van der Waals surface area contributed by atoms with Crippen molar-refractivity contribution in [3.63, 3.8) is 0 Å². The van der Waals surface area contributed by atoms with E-state index in [0.29, 0.717) is 30.1 Å². The average molecular weight is 307 g/mol. The van der Waals surface area contributed by atoms with Crippen LogP contribution in [-0.4, -0.2) is 41.3 Å². The molecule has 1 fully saturated rings. The Morgan fingerprint density at radius 1 is 1.52 bits per heavy atom. The van der Waals surface area contributed by atoms with Gasteiger partial charge in [0.05, 0.1) is 5.56 Å². The minimum atomic E-state index is -0.271. The molecular formula is C14H17N3O3S. The van der Waals surface area contributed by atoms with Crippen LogP contribution < -0.4 is 10.2 Å². The highest BCUT2D eigenvalue weighted by atomic mass is 32.2. The molecule has 0 radical (unpaired) electrons. The van der Waals surface area contributed by atoms with E-state index in [-0.39, 0.29) is 22.8 Å². The topological polar surface area (TPSA) is 79.4 Å². The van der Waals surface area contributed by atoms with E-state index >= 15 is 0 Å². The van der Waals surface area contributed by atoms with Crippen LogP contribution in [0.4, 0.5) is 5.82 Å². The molecule has 1 saturated heterocycles. The number of amides is 2. The highest BCUT2D eigenvalue weighted by Crippen LogP contribution is 2.28. The molecule has 1 unspecified atom stereocenters. The van der Waals surface area contributed by atoms with Crippen LogP contribution in [0.2, 0.25) is 0 Å². The molecule has 0 spiro atoms. The van der Waals surface area contributed by atoms with Crippen molar-refractivity contribution in [2.75, 3.05) is 24.2 Å². The van der Waals surface area contributed by atoms with Crippen LogP contribution in [0, 0.1) is 5.92 Å². The standard InChI is InChI=1S/C14H17N3O3S/c1-9(18)21-8-10-6-12(19)17(7-10)13-11(14(20)15-2)4-3-5-16-13/h3-5,10H,6-8H2,1-2H3,(H,15,20). The lowest BCUT2D eigenvalue weighted by molar-refractivity contribution is -0.117. The molecule has 2 heterocycles. The normalized spacial score (nSPS) is 17.9. The zero-order valence-corrected chi connectivity index (χ0v) is 12.8. The molecule has 21 heavy (non-hydrogen) atoms. The average Bonchev–Trinajstić information content (AvgIpc) is 2.85. The lowest BCUT2D eigenvalue weighted by atomic mass is 10.1. The van der Waals surface area contributed by atoms with Crippen molar-refractivity contribution in [3.8, 4) is 0 Å². The summed E-state index contributed by atoms with van der Waals surface area (Å²) in [5.74, 6) is 0.767. The Balaban J connectivity index is 2.17. The van der Waals surface area contributed by atoms with Crippen molar-refractivity contribution in [2.24, 2.45) is 5.92 Å². The Bertz CT molecular complexity index is 576. The van der Waals surface area contributed by atoms with E-state index in [9.17, 15) is 14.4 Å². The second-order valence-electron chi connectivity index (χ2n) is 4.83. The summed E-state index contributed by atoms with van der Waals surface area (Å²) in [6, 6.07) is 3.31. The first-order valence-electron chi connectivity index (χ1n) is 6.63. The summed E-state index contributed by atoms with van der Waals surface area (Å²) in [5, 5.41) is 2.59. The third-order valence-electron chi connectivity index (χ3n) is 3.24. The van der Waals surface area contributed by atoms with Crippen LogP contribution in [-0.2, 0) is 9.59 Å². The second kappa shape index (κ2) is 6.71. The Kier molecular flexibility index (Phi) is 4.95. The number of aromatic nitrogens is 1. The van der Waals surface area contributed by atoms with Gasteiger partial charge in [-0.15, -0.1) is 0 Å². The Hall–Kier alpha value is -1.89. The van der Waals surface area contributed by atoms with E-state index in [1.807, 2.05) is 0 Å². The minimum Gasteiger partial charge on any atom is -0.355 e. The fraction of sp³-hybridized carbons (Fsp3) is 0.429. The fourth-order valence-electron chi connectivity index (χ4n) is 2.26. The smallest absolute Gasteiger partial charge is 0.254 e. The van der Waals surface area contributed by atoms with Gasteiger partial charge < -0.3 is 5.32 Å². The van der Waals surface area contributed by atoms with Gasteiger partial charge in [-0.25, -0.2) is 4.98 Å².